The van der Waals surface area contributed by atoms with Gasteiger partial charge in [-0.3, -0.25) is 0 Å². The molecule has 1 N–H and O–H groups in total. The molecule has 0 bridgehead atoms. The quantitative estimate of drug-likeness (QED) is 0.761. The molecule has 2 heteroatoms. The highest BCUT2D eigenvalue weighted by Crippen LogP contribution is 2.31. The maximum Gasteiger partial charge on any atom is 0.0700 e. The van der Waals surface area contributed by atoms with Crippen LogP contribution in [-0.4, -0.2) is 10.7 Å². The SMILES string of the molecule is CCc1ccc(CC(O)(CC(C)C)CC(C)C)s1. The standard InChI is InChI=1S/C16H28OS/c1-6-14-7-8-15(18-14)11-16(17,9-12(2)3)10-13(4)5/h7-8,12-13,17H,6,9-11H2,1-5H3. The molecule has 18 heavy (non-hydrogen) atoms. The predicted molar refractivity (Wildman–Crippen MR) is 81.3 cm³/mol. The molecule has 0 spiro atoms. The summed E-state index contributed by atoms with van der Waals surface area (Å²) in [6.07, 6.45) is 3.69. The van der Waals surface area contributed by atoms with E-state index >= 15 is 0 Å². The molecule has 0 aliphatic rings. The Bertz CT molecular complexity index is 342. The van der Waals surface area contributed by atoms with Gasteiger partial charge in [-0.15, -0.1) is 11.3 Å². The van der Waals surface area contributed by atoms with Crippen molar-refractivity contribution >= 4 is 11.3 Å². The maximum atomic E-state index is 10.9. The molecule has 1 heterocycles. The number of rotatable bonds is 7. The van der Waals surface area contributed by atoms with Crippen molar-refractivity contribution < 1.29 is 5.11 Å². The fourth-order valence-electron chi connectivity index (χ4n) is 2.78. The number of hydrogen-bond acceptors (Lipinski definition) is 2. The summed E-state index contributed by atoms with van der Waals surface area (Å²) in [5.74, 6) is 1.08. The lowest BCUT2D eigenvalue weighted by Gasteiger charge is -2.31. The molecule has 1 nitrogen and oxygen atoms in total. The first-order chi connectivity index (χ1) is 8.34. The van der Waals surface area contributed by atoms with Crippen LogP contribution in [-0.2, 0) is 12.8 Å². The van der Waals surface area contributed by atoms with Gasteiger partial charge in [0.1, 0.15) is 0 Å². The van der Waals surface area contributed by atoms with Gasteiger partial charge in [0, 0.05) is 16.2 Å². The second-order valence-corrected chi connectivity index (χ2v) is 7.57. The highest BCUT2D eigenvalue weighted by atomic mass is 32.1. The van der Waals surface area contributed by atoms with Gasteiger partial charge in [0.25, 0.3) is 0 Å². The van der Waals surface area contributed by atoms with Gasteiger partial charge in [-0.25, -0.2) is 0 Å². The molecule has 0 aliphatic carbocycles. The molecule has 0 aromatic carbocycles. The van der Waals surface area contributed by atoms with Gasteiger partial charge in [-0.2, -0.15) is 0 Å². The second-order valence-electron chi connectivity index (χ2n) is 6.32. The Hall–Kier alpha value is -0.340. The van der Waals surface area contributed by atoms with Crippen LogP contribution in [0.5, 0.6) is 0 Å². The minimum Gasteiger partial charge on any atom is -0.389 e. The molecular formula is C16H28OS. The Morgan fingerprint density at radius 2 is 1.56 bits per heavy atom. The van der Waals surface area contributed by atoms with Crippen molar-refractivity contribution in [1.82, 2.24) is 0 Å². The van der Waals surface area contributed by atoms with Crippen LogP contribution in [0, 0.1) is 11.8 Å². The average molecular weight is 268 g/mol. The van der Waals surface area contributed by atoms with Crippen LogP contribution in [0.25, 0.3) is 0 Å². The molecule has 0 amide bonds. The number of aliphatic hydroxyl groups is 1. The van der Waals surface area contributed by atoms with Crippen molar-refractivity contribution in [3.8, 4) is 0 Å². The Morgan fingerprint density at radius 1 is 1.06 bits per heavy atom. The number of hydrogen-bond donors (Lipinski definition) is 1. The molecule has 0 radical (unpaired) electrons. The van der Waals surface area contributed by atoms with E-state index in [-0.39, 0.29) is 0 Å². The largest absolute Gasteiger partial charge is 0.389 e. The molecular weight excluding hydrogens is 240 g/mol. The lowest BCUT2D eigenvalue weighted by molar-refractivity contribution is 0.00143. The van der Waals surface area contributed by atoms with E-state index in [9.17, 15) is 5.11 Å². The summed E-state index contributed by atoms with van der Waals surface area (Å²) >= 11 is 1.85. The third-order valence-corrected chi connectivity index (χ3v) is 4.38. The van der Waals surface area contributed by atoms with E-state index in [1.54, 1.807) is 0 Å². The third-order valence-electron chi connectivity index (χ3n) is 3.15. The Kier molecular flexibility index (Phi) is 5.87. The fraction of sp³-hybridized carbons (Fsp3) is 0.750. The second kappa shape index (κ2) is 6.72. The average Bonchev–Trinajstić information content (AvgIpc) is 2.61. The smallest absolute Gasteiger partial charge is 0.0700 e. The molecule has 0 aliphatic heterocycles. The Morgan fingerprint density at radius 3 is 1.94 bits per heavy atom. The molecule has 0 saturated heterocycles. The first-order valence-corrected chi connectivity index (χ1v) is 7.96. The van der Waals surface area contributed by atoms with Crippen molar-refractivity contribution in [2.45, 2.75) is 65.9 Å². The topological polar surface area (TPSA) is 20.2 Å². The lowest BCUT2D eigenvalue weighted by Crippen LogP contribution is -2.34. The van der Waals surface area contributed by atoms with E-state index in [1.165, 1.54) is 9.75 Å². The minimum atomic E-state index is -0.530. The van der Waals surface area contributed by atoms with Crippen LogP contribution < -0.4 is 0 Å². The minimum absolute atomic E-state index is 0.530. The highest BCUT2D eigenvalue weighted by molar-refractivity contribution is 7.12. The molecule has 0 atom stereocenters. The first kappa shape index (κ1) is 15.7. The van der Waals surface area contributed by atoms with Crippen molar-refractivity contribution in [1.29, 1.82) is 0 Å². The zero-order valence-corrected chi connectivity index (χ0v) is 13.3. The first-order valence-electron chi connectivity index (χ1n) is 7.14. The number of aryl methyl sites for hydroxylation is 1. The van der Waals surface area contributed by atoms with Crippen LogP contribution in [0.4, 0.5) is 0 Å². The van der Waals surface area contributed by atoms with Crippen molar-refractivity contribution in [3.05, 3.63) is 21.9 Å². The number of thiophene rings is 1. The summed E-state index contributed by atoms with van der Waals surface area (Å²) in [6, 6.07) is 4.39. The molecule has 0 unspecified atom stereocenters. The van der Waals surface area contributed by atoms with E-state index in [1.807, 2.05) is 11.3 Å². The normalized spacial score (nSPS) is 12.7. The zero-order chi connectivity index (χ0) is 13.8. The molecule has 1 aromatic heterocycles. The summed E-state index contributed by atoms with van der Waals surface area (Å²) in [5.41, 5.74) is -0.530. The summed E-state index contributed by atoms with van der Waals surface area (Å²) < 4.78 is 0. The highest BCUT2D eigenvalue weighted by Gasteiger charge is 2.29. The van der Waals surface area contributed by atoms with Gasteiger partial charge in [-0.05, 0) is 43.2 Å². The Balaban J connectivity index is 2.76. The molecule has 0 fully saturated rings. The van der Waals surface area contributed by atoms with Crippen molar-refractivity contribution in [2.24, 2.45) is 11.8 Å². The summed E-state index contributed by atoms with van der Waals surface area (Å²) in [4.78, 5) is 2.75. The van der Waals surface area contributed by atoms with Crippen LogP contribution in [0.1, 0.15) is 57.2 Å². The van der Waals surface area contributed by atoms with Crippen LogP contribution in [0.3, 0.4) is 0 Å². The Labute approximate surface area is 116 Å². The molecule has 1 aromatic rings. The van der Waals surface area contributed by atoms with Gasteiger partial charge < -0.3 is 5.11 Å². The van der Waals surface area contributed by atoms with Gasteiger partial charge in [0.05, 0.1) is 5.60 Å². The van der Waals surface area contributed by atoms with E-state index in [2.05, 4.69) is 46.8 Å². The van der Waals surface area contributed by atoms with Gasteiger partial charge in [0.2, 0.25) is 0 Å². The molecule has 1 rings (SSSR count). The third kappa shape index (κ3) is 5.11. The van der Waals surface area contributed by atoms with E-state index in [4.69, 9.17) is 0 Å². The van der Waals surface area contributed by atoms with E-state index in [0.29, 0.717) is 11.8 Å². The molecule has 104 valence electrons. The maximum absolute atomic E-state index is 10.9. The van der Waals surface area contributed by atoms with Crippen LogP contribution in [0.2, 0.25) is 0 Å². The van der Waals surface area contributed by atoms with Crippen LogP contribution in [0.15, 0.2) is 12.1 Å². The fourth-order valence-corrected chi connectivity index (χ4v) is 3.87. The van der Waals surface area contributed by atoms with Crippen molar-refractivity contribution in [3.63, 3.8) is 0 Å². The predicted octanol–water partition coefficient (Wildman–Crippen LogP) is 4.68. The lowest BCUT2D eigenvalue weighted by atomic mass is 9.82. The van der Waals surface area contributed by atoms with Gasteiger partial charge in [-0.1, -0.05) is 34.6 Å². The van der Waals surface area contributed by atoms with E-state index < -0.39 is 5.60 Å². The monoisotopic (exact) mass is 268 g/mol. The van der Waals surface area contributed by atoms with Crippen LogP contribution >= 0.6 is 11.3 Å². The van der Waals surface area contributed by atoms with Crippen molar-refractivity contribution in [2.75, 3.05) is 0 Å². The molecule has 0 saturated carbocycles. The van der Waals surface area contributed by atoms with Gasteiger partial charge >= 0.3 is 0 Å². The zero-order valence-electron chi connectivity index (χ0n) is 12.5. The summed E-state index contributed by atoms with van der Waals surface area (Å²) in [6.45, 7) is 11.0. The van der Waals surface area contributed by atoms with Gasteiger partial charge in [0.15, 0.2) is 0 Å². The summed E-state index contributed by atoms with van der Waals surface area (Å²) in [5, 5.41) is 10.9. The summed E-state index contributed by atoms with van der Waals surface area (Å²) in [7, 11) is 0. The van der Waals surface area contributed by atoms with E-state index in [0.717, 1.165) is 25.7 Å².